The molecule has 2 rings (SSSR count). The molecule has 0 N–H and O–H groups in total. The Labute approximate surface area is 179 Å². The fraction of sp³-hybridized carbons (Fsp3) is 0.500. The number of nitrogens with zero attached hydrogens (tertiary/aromatic N) is 1. The molecule has 0 bridgehead atoms. The Morgan fingerprint density at radius 3 is 2.48 bits per heavy atom. The summed E-state index contributed by atoms with van der Waals surface area (Å²) in [4.78, 5) is 26.6. The average molecular weight is 503 g/mol. The van der Waals surface area contributed by atoms with Crippen molar-refractivity contribution in [2.45, 2.75) is 59.6 Å². The lowest BCUT2D eigenvalue weighted by molar-refractivity contribution is -0.124. The van der Waals surface area contributed by atoms with Crippen LogP contribution < -0.4 is 9.47 Å². The average Bonchev–Trinajstić information content (AvgIpc) is 2.90. The number of rotatable bonds is 8. The highest BCUT2D eigenvalue weighted by atomic mass is 127. The molecular formula is C20H26INO4S. The molecule has 0 saturated carbocycles. The molecule has 7 heteroatoms. The van der Waals surface area contributed by atoms with E-state index in [2.05, 4.69) is 29.5 Å². The van der Waals surface area contributed by atoms with Crippen molar-refractivity contribution in [2.75, 3.05) is 6.61 Å². The summed E-state index contributed by atoms with van der Waals surface area (Å²) in [5, 5.41) is -0.211. The summed E-state index contributed by atoms with van der Waals surface area (Å²) in [6.45, 7) is 10.4. The van der Waals surface area contributed by atoms with Crippen molar-refractivity contribution < 1.29 is 19.1 Å². The standard InChI is InChI=1S/C20H26INO4S/c1-6-12(4)22-19(23)17(27-20(22)24)11-14-9-15(21)18(26-13(5)7-2)16(10-14)25-8-3/h9-13H,6-8H2,1-5H3/b17-11+/t12-,13-/m0/s1. The number of benzene rings is 1. The molecule has 0 unspecified atom stereocenters. The van der Waals surface area contributed by atoms with Gasteiger partial charge < -0.3 is 9.47 Å². The van der Waals surface area contributed by atoms with Crippen LogP contribution in [0.5, 0.6) is 11.5 Å². The summed E-state index contributed by atoms with van der Waals surface area (Å²) in [6, 6.07) is 3.70. The third kappa shape index (κ3) is 5.19. The van der Waals surface area contributed by atoms with Crippen molar-refractivity contribution in [1.29, 1.82) is 0 Å². The molecule has 0 spiro atoms. The molecule has 2 atom stereocenters. The Morgan fingerprint density at radius 2 is 1.89 bits per heavy atom. The van der Waals surface area contributed by atoms with E-state index in [-0.39, 0.29) is 23.3 Å². The predicted octanol–water partition coefficient (Wildman–Crippen LogP) is 5.70. The van der Waals surface area contributed by atoms with Gasteiger partial charge in [-0.15, -0.1) is 0 Å². The highest BCUT2D eigenvalue weighted by Crippen LogP contribution is 2.38. The van der Waals surface area contributed by atoms with Crippen molar-refractivity contribution in [3.8, 4) is 11.5 Å². The lowest BCUT2D eigenvalue weighted by atomic mass is 10.1. The van der Waals surface area contributed by atoms with E-state index in [0.717, 1.165) is 39.5 Å². The van der Waals surface area contributed by atoms with Crippen LogP contribution >= 0.6 is 34.4 Å². The van der Waals surface area contributed by atoms with Gasteiger partial charge in [-0.3, -0.25) is 14.5 Å². The summed E-state index contributed by atoms with van der Waals surface area (Å²) in [5.74, 6) is 1.14. The normalized spacial score (nSPS) is 18.1. The number of carbonyl (C=O) groups is 2. The van der Waals surface area contributed by atoms with Gasteiger partial charge in [0.15, 0.2) is 11.5 Å². The maximum atomic E-state index is 12.6. The van der Waals surface area contributed by atoms with Gasteiger partial charge in [-0.25, -0.2) is 0 Å². The third-order valence-electron chi connectivity index (χ3n) is 4.38. The number of ether oxygens (including phenoxy) is 2. The summed E-state index contributed by atoms with van der Waals surface area (Å²) >= 11 is 3.20. The molecule has 0 aromatic heterocycles. The first-order chi connectivity index (χ1) is 12.8. The minimum Gasteiger partial charge on any atom is -0.490 e. The van der Waals surface area contributed by atoms with Crippen LogP contribution in [0, 0.1) is 3.57 Å². The van der Waals surface area contributed by atoms with Gasteiger partial charge in [0.2, 0.25) is 0 Å². The highest BCUT2D eigenvalue weighted by Gasteiger charge is 2.37. The first kappa shape index (κ1) is 22.1. The zero-order chi connectivity index (χ0) is 20.1. The number of halogens is 1. The first-order valence-electron chi connectivity index (χ1n) is 9.22. The topological polar surface area (TPSA) is 55.8 Å². The van der Waals surface area contributed by atoms with Gasteiger partial charge in [-0.2, -0.15) is 0 Å². The number of carbonyl (C=O) groups excluding carboxylic acids is 2. The van der Waals surface area contributed by atoms with Crippen molar-refractivity contribution in [2.24, 2.45) is 0 Å². The number of hydrogen-bond acceptors (Lipinski definition) is 5. The minimum atomic E-state index is -0.229. The molecular weight excluding hydrogens is 477 g/mol. The van der Waals surface area contributed by atoms with Crippen LogP contribution in [0.4, 0.5) is 4.79 Å². The summed E-state index contributed by atoms with van der Waals surface area (Å²) in [5.41, 5.74) is 0.814. The fourth-order valence-corrected chi connectivity index (χ4v) is 4.21. The molecule has 1 fully saturated rings. The zero-order valence-corrected chi connectivity index (χ0v) is 19.3. The van der Waals surface area contributed by atoms with Gasteiger partial charge in [0.05, 0.1) is 21.2 Å². The summed E-state index contributed by atoms with van der Waals surface area (Å²) in [7, 11) is 0. The van der Waals surface area contributed by atoms with Crippen LogP contribution in [0.1, 0.15) is 53.0 Å². The van der Waals surface area contributed by atoms with E-state index in [0.29, 0.717) is 17.3 Å². The quantitative estimate of drug-likeness (QED) is 0.337. The minimum absolute atomic E-state index is 0.0793. The van der Waals surface area contributed by atoms with Crippen molar-refractivity contribution in [3.63, 3.8) is 0 Å². The van der Waals surface area contributed by atoms with Crippen molar-refractivity contribution in [3.05, 3.63) is 26.2 Å². The Bertz CT molecular complexity index is 750. The number of imide groups is 1. The second-order valence-electron chi connectivity index (χ2n) is 6.41. The molecule has 27 heavy (non-hydrogen) atoms. The van der Waals surface area contributed by atoms with Crippen molar-refractivity contribution in [1.82, 2.24) is 4.90 Å². The van der Waals surface area contributed by atoms with Crippen LogP contribution in [-0.4, -0.2) is 34.8 Å². The van der Waals surface area contributed by atoms with Crippen LogP contribution in [0.25, 0.3) is 6.08 Å². The Balaban J connectivity index is 2.38. The largest absolute Gasteiger partial charge is 0.490 e. The Morgan fingerprint density at radius 1 is 1.19 bits per heavy atom. The molecule has 1 aromatic carbocycles. The number of hydrogen-bond donors (Lipinski definition) is 0. The van der Waals surface area contributed by atoms with E-state index in [9.17, 15) is 9.59 Å². The van der Waals surface area contributed by atoms with Crippen LogP contribution in [-0.2, 0) is 4.79 Å². The van der Waals surface area contributed by atoms with Gasteiger partial charge in [0.25, 0.3) is 11.1 Å². The molecule has 1 heterocycles. The third-order valence-corrected chi connectivity index (χ3v) is 6.06. The zero-order valence-electron chi connectivity index (χ0n) is 16.4. The van der Waals surface area contributed by atoms with E-state index in [1.807, 2.05) is 39.8 Å². The van der Waals surface area contributed by atoms with Gasteiger partial charge >= 0.3 is 0 Å². The molecule has 148 valence electrons. The van der Waals surface area contributed by atoms with E-state index in [1.54, 1.807) is 6.08 Å². The molecule has 1 aromatic rings. The SMILES string of the molecule is CCOc1cc(/C=C2/SC(=O)N([C@@H](C)CC)C2=O)cc(I)c1O[C@@H](C)CC. The van der Waals surface area contributed by atoms with E-state index >= 15 is 0 Å². The second kappa shape index (κ2) is 9.82. The lowest BCUT2D eigenvalue weighted by Crippen LogP contribution is -2.36. The van der Waals surface area contributed by atoms with Crippen molar-refractivity contribution >= 4 is 51.6 Å². The van der Waals surface area contributed by atoms with E-state index < -0.39 is 0 Å². The summed E-state index contributed by atoms with van der Waals surface area (Å²) in [6.07, 6.45) is 3.46. The first-order valence-corrected chi connectivity index (χ1v) is 11.1. The summed E-state index contributed by atoms with van der Waals surface area (Å²) < 4.78 is 12.7. The maximum absolute atomic E-state index is 12.6. The predicted molar refractivity (Wildman–Crippen MR) is 118 cm³/mol. The molecule has 1 saturated heterocycles. The molecule has 0 radical (unpaired) electrons. The van der Waals surface area contributed by atoms with E-state index in [4.69, 9.17) is 9.47 Å². The number of amides is 2. The second-order valence-corrected chi connectivity index (χ2v) is 8.56. The highest BCUT2D eigenvalue weighted by molar-refractivity contribution is 14.1. The van der Waals surface area contributed by atoms with Crippen LogP contribution in [0.2, 0.25) is 0 Å². The monoisotopic (exact) mass is 503 g/mol. The van der Waals surface area contributed by atoms with Gasteiger partial charge in [-0.1, -0.05) is 13.8 Å². The molecule has 1 aliphatic rings. The van der Waals surface area contributed by atoms with Crippen LogP contribution in [0.15, 0.2) is 17.0 Å². The molecule has 0 aliphatic carbocycles. The molecule has 5 nitrogen and oxygen atoms in total. The Hall–Kier alpha value is -1.22. The molecule has 1 aliphatic heterocycles. The fourth-order valence-electron chi connectivity index (χ4n) is 2.53. The van der Waals surface area contributed by atoms with Gasteiger partial charge in [0.1, 0.15) is 0 Å². The van der Waals surface area contributed by atoms with Gasteiger partial charge in [0, 0.05) is 6.04 Å². The van der Waals surface area contributed by atoms with Crippen LogP contribution in [0.3, 0.4) is 0 Å². The maximum Gasteiger partial charge on any atom is 0.293 e. The van der Waals surface area contributed by atoms with E-state index in [1.165, 1.54) is 4.90 Å². The smallest absolute Gasteiger partial charge is 0.293 e. The lowest BCUT2D eigenvalue weighted by Gasteiger charge is -2.19. The number of thioether (sulfide) groups is 1. The Kier molecular flexibility index (Phi) is 8.03. The van der Waals surface area contributed by atoms with Gasteiger partial charge in [-0.05, 0) is 91.7 Å². The molecule has 2 amide bonds.